The van der Waals surface area contributed by atoms with Crippen molar-refractivity contribution in [2.75, 3.05) is 5.73 Å². The molecule has 2 N–H and O–H groups in total. The monoisotopic (exact) mass is 288 g/mol. The molecule has 0 spiro atoms. The molecule has 3 aromatic rings. The summed E-state index contributed by atoms with van der Waals surface area (Å²) in [6, 6.07) is 10.2. The van der Waals surface area contributed by atoms with Crippen molar-refractivity contribution in [1.82, 2.24) is 9.97 Å². The quantitative estimate of drug-likeness (QED) is 0.583. The van der Waals surface area contributed by atoms with Gasteiger partial charge in [0.15, 0.2) is 5.58 Å². The Hall–Kier alpha value is -2.61. The fraction of sp³-hybridized carbons (Fsp3) is 0. The van der Waals surface area contributed by atoms with Gasteiger partial charge in [-0.2, -0.15) is 0 Å². The van der Waals surface area contributed by atoms with Crippen molar-refractivity contribution in [3.8, 4) is 0 Å². The minimum Gasteiger partial charge on any atom is -0.431 e. The molecule has 8 heteroatoms. The number of para-hydroxylation sites is 2. The van der Waals surface area contributed by atoms with E-state index in [4.69, 9.17) is 10.2 Å². The molecule has 0 radical (unpaired) electrons. The molecule has 0 aliphatic rings. The molecule has 0 amide bonds. The predicted molar refractivity (Wildman–Crippen MR) is 73.4 cm³/mol. The number of benzene rings is 1. The Morgan fingerprint density at radius 2 is 2.00 bits per heavy atom. The number of hydrogen-bond acceptors (Lipinski definition) is 7. The van der Waals surface area contributed by atoms with Gasteiger partial charge in [0.2, 0.25) is 5.82 Å². The van der Waals surface area contributed by atoms with Gasteiger partial charge in [-0.1, -0.05) is 12.1 Å². The first-order valence-electron chi connectivity index (χ1n) is 5.58. The minimum absolute atomic E-state index is 0.129. The van der Waals surface area contributed by atoms with E-state index in [-0.39, 0.29) is 11.5 Å². The maximum Gasteiger partial charge on any atom is 0.311 e. The molecule has 100 valence electrons. The van der Waals surface area contributed by atoms with E-state index in [1.54, 1.807) is 0 Å². The van der Waals surface area contributed by atoms with Crippen LogP contribution in [0.3, 0.4) is 0 Å². The molecule has 0 fully saturated rings. The van der Waals surface area contributed by atoms with E-state index >= 15 is 0 Å². The van der Waals surface area contributed by atoms with E-state index in [1.807, 2.05) is 24.3 Å². The van der Waals surface area contributed by atoms with Gasteiger partial charge in [0.25, 0.3) is 5.22 Å². The molecule has 3 rings (SSSR count). The van der Waals surface area contributed by atoms with E-state index in [2.05, 4.69) is 9.97 Å². The topological polar surface area (TPSA) is 108 Å². The summed E-state index contributed by atoms with van der Waals surface area (Å²) in [6.07, 6.45) is 0. The predicted octanol–water partition coefficient (Wildman–Crippen LogP) is 2.86. The second-order valence-electron chi connectivity index (χ2n) is 3.86. The van der Waals surface area contributed by atoms with Crippen molar-refractivity contribution in [3.05, 3.63) is 46.5 Å². The lowest BCUT2D eigenvalue weighted by atomic mass is 10.3. The summed E-state index contributed by atoms with van der Waals surface area (Å²) in [5, 5.41) is 11.6. The van der Waals surface area contributed by atoms with Crippen LogP contribution in [0.2, 0.25) is 0 Å². The van der Waals surface area contributed by atoms with Gasteiger partial charge in [0, 0.05) is 6.07 Å². The van der Waals surface area contributed by atoms with Crippen LogP contribution in [0.1, 0.15) is 0 Å². The standard InChI is InChI=1S/C12H8N4O3S/c13-11-8(16(17)18)5-6-10(15-11)20-12-14-7-3-1-2-4-9(7)19-12/h1-6H,(H2,13,15). The molecule has 0 atom stereocenters. The molecule has 2 heterocycles. The Morgan fingerprint density at radius 1 is 1.20 bits per heavy atom. The van der Waals surface area contributed by atoms with Crippen LogP contribution in [-0.2, 0) is 0 Å². The van der Waals surface area contributed by atoms with Gasteiger partial charge < -0.3 is 10.2 Å². The highest BCUT2D eigenvalue weighted by atomic mass is 32.2. The van der Waals surface area contributed by atoms with Crippen LogP contribution in [0.4, 0.5) is 11.5 Å². The van der Waals surface area contributed by atoms with Gasteiger partial charge in [-0.15, -0.1) is 0 Å². The summed E-state index contributed by atoms with van der Waals surface area (Å²) in [5.74, 6) is -0.129. The van der Waals surface area contributed by atoms with Crippen molar-refractivity contribution in [3.63, 3.8) is 0 Å². The molecule has 0 aliphatic heterocycles. The van der Waals surface area contributed by atoms with Crippen LogP contribution in [0.25, 0.3) is 11.1 Å². The maximum absolute atomic E-state index is 10.7. The average Bonchev–Trinajstić information content (AvgIpc) is 2.80. The Morgan fingerprint density at radius 3 is 2.70 bits per heavy atom. The Balaban J connectivity index is 1.90. The number of anilines is 1. The molecule has 7 nitrogen and oxygen atoms in total. The highest BCUT2D eigenvalue weighted by molar-refractivity contribution is 7.99. The Kier molecular flexibility index (Phi) is 2.99. The highest BCUT2D eigenvalue weighted by Crippen LogP contribution is 2.31. The first-order chi connectivity index (χ1) is 9.63. The third kappa shape index (κ3) is 2.28. The van der Waals surface area contributed by atoms with Crippen molar-refractivity contribution in [1.29, 1.82) is 0 Å². The van der Waals surface area contributed by atoms with Crippen LogP contribution in [-0.4, -0.2) is 14.9 Å². The third-order valence-corrected chi connectivity index (χ3v) is 3.33. The van der Waals surface area contributed by atoms with Crippen LogP contribution in [0.5, 0.6) is 0 Å². The van der Waals surface area contributed by atoms with E-state index in [0.29, 0.717) is 15.8 Å². The number of fused-ring (bicyclic) bond motifs is 1. The third-order valence-electron chi connectivity index (χ3n) is 2.54. The normalized spacial score (nSPS) is 10.8. The van der Waals surface area contributed by atoms with Crippen LogP contribution < -0.4 is 5.73 Å². The lowest BCUT2D eigenvalue weighted by molar-refractivity contribution is -0.384. The summed E-state index contributed by atoms with van der Waals surface area (Å²) in [5.41, 5.74) is 6.73. The fourth-order valence-electron chi connectivity index (χ4n) is 1.64. The summed E-state index contributed by atoms with van der Waals surface area (Å²) in [4.78, 5) is 18.3. The molecule has 0 saturated carbocycles. The molecule has 0 aliphatic carbocycles. The number of rotatable bonds is 3. The van der Waals surface area contributed by atoms with Crippen LogP contribution >= 0.6 is 11.8 Å². The number of pyridine rings is 1. The summed E-state index contributed by atoms with van der Waals surface area (Å²) < 4.78 is 5.53. The van der Waals surface area contributed by atoms with Gasteiger partial charge in [0.05, 0.1) is 4.92 Å². The number of oxazole rings is 1. The maximum atomic E-state index is 10.7. The Bertz CT molecular complexity index is 769. The van der Waals surface area contributed by atoms with Gasteiger partial charge >= 0.3 is 5.69 Å². The molecule has 20 heavy (non-hydrogen) atoms. The van der Waals surface area contributed by atoms with E-state index in [0.717, 1.165) is 17.3 Å². The Labute approximate surface area is 117 Å². The fourth-order valence-corrected chi connectivity index (χ4v) is 2.38. The van der Waals surface area contributed by atoms with Crippen molar-refractivity contribution in [2.45, 2.75) is 10.2 Å². The molecule has 1 aromatic carbocycles. The van der Waals surface area contributed by atoms with Crippen LogP contribution in [0, 0.1) is 10.1 Å². The molecule has 2 aromatic heterocycles. The smallest absolute Gasteiger partial charge is 0.311 e. The lowest BCUT2D eigenvalue weighted by Crippen LogP contribution is -1.98. The first kappa shape index (κ1) is 12.4. The number of nitrogens with two attached hydrogens (primary N) is 1. The van der Waals surface area contributed by atoms with E-state index in [1.165, 1.54) is 12.1 Å². The highest BCUT2D eigenvalue weighted by Gasteiger charge is 2.15. The molecular weight excluding hydrogens is 280 g/mol. The minimum atomic E-state index is -0.573. The average molecular weight is 288 g/mol. The summed E-state index contributed by atoms with van der Waals surface area (Å²) in [6.45, 7) is 0. The SMILES string of the molecule is Nc1nc(Sc2nc3ccccc3o2)ccc1[N+](=O)[O-]. The molecule has 0 bridgehead atoms. The van der Waals surface area contributed by atoms with Gasteiger partial charge in [-0.3, -0.25) is 10.1 Å². The lowest BCUT2D eigenvalue weighted by Gasteiger charge is -1.99. The zero-order chi connectivity index (χ0) is 14.1. The second kappa shape index (κ2) is 4.82. The zero-order valence-corrected chi connectivity index (χ0v) is 10.8. The number of nitrogen functional groups attached to an aromatic ring is 1. The number of aromatic nitrogens is 2. The largest absolute Gasteiger partial charge is 0.431 e. The van der Waals surface area contributed by atoms with Gasteiger partial charge in [-0.25, -0.2) is 9.97 Å². The summed E-state index contributed by atoms with van der Waals surface area (Å²) in [7, 11) is 0. The number of nitro groups is 1. The summed E-state index contributed by atoms with van der Waals surface area (Å²) >= 11 is 1.16. The number of nitrogens with zero attached hydrogens (tertiary/aromatic N) is 3. The van der Waals surface area contributed by atoms with Crippen LogP contribution in [0.15, 0.2) is 51.1 Å². The van der Waals surface area contributed by atoms with E-state index < -0.39 is 4.92 Å². The molecule has 0 saturated heterocycles. The molecular formula is C12H8N4O3S. The zero-order valence-electron chi connectivity index (χ0n) is 10.0. The first-order valence-corrected chi connectivity index (χ1v) is 6.39. The van der Waals surface area contributed by atoms with Crippen molar-refractivity contribution >= 4 is 34.4 Å². The van der Waals surface area contributed by atoms with Crippen molar-refractivity contribution in [2.24, 2.45) is 0 Å². The van der Waals surface area contributed by atoms with Gasteiger partial charge in [-0.05, 0) is 30.0 Å². The number of hydrogen-bond donors (Lipinski definition) is 1. The van der Waals surface area contributed by atoms with Crippen molar-refractivity contribution < 1.29 is 9.34 Å². The van der Waals surface area contributed by atoms with Gasteiger partial charge in [0.1, 0.15) is 10.5 Å². The molecule has 0 unspecified atom stereocenters. The second-order valence-corrected chi connectivity index (χ2v) is 4.83. The van der Waals surface area contributed by atoms with E-state index in [9.17, 15) is 10.1 Å².